The van der Waals surface area contributed by atoms with Gasteiger partial charge < -0.3 is 10.5 Å². The quantitative estimate of drug-likeness (QED) is 0.811. The number of rotatable bonds is 3. The molecule has 8 heteroatoms. The average molecular weight is 358 g/mol. The Labute approximate surface area is 141 Å². The normalized spacial score (nSPS) is 21.4. The van der Waals surface area contributed by atoms with Crippen molar-refractivity contribution in [3.63, 3.8) is 0 Å². The minimum Gasteiger partial charge on any atom is -0.349 e. The van der Waals surface area contributed by atoms with E-state index < -0.39 is 26.2 Å². The Morgan fingerprint density at radius 3 is 2.04 bits per heavy atom. The molecule has 0 radical (unpaired) electrons. The van der Waals surface area contributed by atoms with Gasteiger partial charge in [0.2, 0.25) is 0 Å². The van der Waals surface area contributed by atoms with E-state index in [9.17, 15) is 22.3 Å². The summed E-state index contributed by atoms with van der Waals surface area (Å²) < 4.78 is 34.5. The Hall–Kier alpha value is -1.51. The molecule has 1 amide bonds. The van der Waals surface area contributed by atoms with Gasteiger partial charge in [0.15, 0.2) is 0 Å². The molecule has 6 nitrogen and oxygen atoms in total. The highest BCUT2D eigenvalue weighted by Gasteiger charge is 2.45. The number of hydrogen-bond donors (Lipinski definition) is 2. The lowest BCUT2D eigenvalue weighted by Crippen LogP contribution is -2.62. The zero-order chi connectivity index (χ0) is 18.3. The first-order valence-electron chi connectivity index (χ1n) is 7.68. The van der Waals surface area contributed by atoms with Crippen LogP contribution >= 0.6 is 0 Å². The van der Waals surface area contributed by atoms with E-state index in [0.717, 1.165) is 12.1 Å². The summed E-state index contributed by atoms with van der Waals surface area (Å²) in [6.07, 6.45) is 1.13. The van der Waals surface area contributed by atoms with Crippen LogP contribution in [0.4, 0.5) is 3.89 Å². The Morgan fingerprint density at radius 2 is 1.62 bits per heavy atom. The van der Waals surface area contributed by atoms with E-state index in [1.54, 1.807) is 0 Å². The number of nitrogens with zero attached hydrogens (tertiary/aromatic N) is 1. The van der Waals surface area contributed by atoms with Crippen LogP contribution in [0.25, 0.3) is 0 Å². The van der Waals surface area contributed by atoms with Gasteiger partial charge in [0.05, 0.1) is 4.90 Å². The fourth-order valence-electron chi connectivity index (χ4n) is 3.41. The Balaban J connectivity index is 2.12. The molecule has 1 heterocycles. The summed E-state index contributed by atoms with van der Waals surface area (Å²) in [5.74, 6) is -0.360. The van der Waals surface area contributed by atoms with E-state index in [2.05, 4.69) is 5.32 Å². The van der Waals surface area contributed by atoms with Crippen LogP contribution < -0.4 is 5.32 Å². The first kappa shape index (κ1) is 18.8. The highest BCUT2D eigenvalue weighted by molar-refractivity contribution is 7.86. The van der Waals surface area contributed by atoms with Gasteiger partial charge in [-0.05, 0) is 64.8 Å². The summed E-state index contributed by atoms with van der Waals surface area (Å²) >= 11 is 0. The van der Waals surface area contributed by atoms with Crippen molar-refractivity contribution in [2.45, 2.75) is 62.6 Å². The van der Waals surface area contributed by atoms with E-state index in [-0.39, 0.29) is 17.5 Å². The van der Waals surface area contributed by atoms with Crippen LogP contribution in [-0.2, 0) is 10.2 Å². The van der Waals surface area contributed by atoms with Crippen molar-refractivity contribution in [1.82, 2.24) is 10.4 Å². The zero-order valence-corrected chi connectivity index (χ0v) is 15.0. The monoisotopic (exact) mass is 358 g/mol. The molecule has 24 heavy (non-hydrogen) atoms. The summed E-state index contributed by atoms with van der Waals surface area (Å²) in [6.45, 7) is 7.59. The maximum absolute atomic E-state index is 12.9. The fraction of sp³-hybridized carbons (Fsp3) is 0.562. The third-order valence-corrected chi connectivity index (χ3v) is 5.21. The van der Waals surface area contributed by atoms with Gasteiger partial charge in [-0.25, -0.2) is 0 Å². The standard InChI is InChI=1S/C16H23FN2O4S/c1-15(2)9-12(10-16(3,4)19(15)21)18-14(20)11-5-7-13(8-6-11)24(17,22)23/h5-8,12,21H,9-10H2,1-4H3,(H,18,20). The summed E-state index contributed by atoms with van der Waals surface area (Å²) in [5.41, 5.74) is -0.734. The van der Waals surface area contributed by atoms with Crippen molar-refractivity contribution in [1.29, 1.82) is 0 Å². The summed E-state index contributed by atoms with van der Waals surface area (Å²) in [5, 5.41) is 14.5. The van der Waals surface area contributed by atoms with Crippen molar-refractivity contribution in [2.24, 2.45) is 0 Å². The predicted octanol–water partition coefficient (Wildman–Crippen LogP) is 2.49. The highest BCUT2D eigenvalue weighted by Crippen LogP contribution is 2.36. The lowest BCUT2D eigenvalue weighted by Gasteiger charge is -2.51. The summed E-state index contributed by atoms with van der Waals surface area (Å²) in [4.78, 5) is 11.9. The maximum atomic E-state index is 12.9. The maximum Gasteiger partial charge on any atom is 0.332 e. The molecular formula is C16H23FN2O4S. The molecule has 2 rings (SSSR count). The topological polar surface area (TPSA) is 86.7 Å². The number of nitrogens with one attached hydrogen (secondary N) is 1. The van der Waals surface area contributed by atoms with Crippen molar-refractivity contribution < 1.29 is 22.3 Å². The third kappa shape index (κ3) is 3.93. The van der Waals surface area contributed by atoms with E-state index in [1.807, 2.05) is 27.7 Å². The summed E-state index contributed by atoms with van der Waals surface area (Å²) in [7, 11) is -4.77. The molecule has 2 N–H and O–H groups in total. The van der Waals surface area contributed by atoms with Gasteiger partial charge in [-0.3, -0.25) is 4.79 Å². The van der Waals surface area contributed by atoms with Crippen LogP contribution in [0.2, 0.25) is 0 Å². The predicted molar refractivity (Wildman–Crippen MR) is 87.0 cm³/mol. The Kier molecular flexibility index (Phi) is 4.78. The van der Waals surface area contributed by atoms with Gasteiger partial charge in [-0.1, -0.05) is 0 Å². The molecule has 1 aliphatic rings. The second-order valence-corrected chi connectivity index (χ2v) is 8.82. The lowest BCUT2D eigenvalue weighted by atomic mass is 9.79. The molecule has 134 valence electrons. The molecule has 1 saturated heterocycles. The number of benzene rings is 1. The molecule has 0 spiro atoms. The molecule has 0 atom stereocenters. The molecule has 0 aromatic heterocycles. The van der Waals surface area contributed by atoms with Crippen molar-refractivity contribution in [3.8, 4) is 0 Å². The first-order chi connectivity index (χ1) is 10.8. The second kappa shape index (κ2) is 6.09. The van der Waals surface area contributed by atoms with E-state index >= 15 is 0 Å². The van der Waals surface area contributed by atoms with E-state index in [4.69, 9.17) is 0 Å². The second-order valence-electron chi connectivity index (χ2n) is 7.48. The van der Waals surface area contributed by atoms with E-state index in [1.165, 1.54) is 17.2 Å². The van der Waals surface area contributed by atoms with Crippen LogP contribution in [0.5, 0.6) is 0 Å². The van der Waals surface area contributed by atoms with Gasteiger partial charge in [0, 0.05) is 22.7 Å². The van der Waals surface area contributed by atoms with Gasteiger partial charge >= 0.3 is 10.2 Å². The third-order valence-electron chi connectivity index (χ3n) is 4.37. The molecule has 1 aromatic rings. The summed E-state index contributed by atoms with van der Waals surface area (Å²) in [6, 6.07) is 4.54. The number of halogens is 1. The van der Waals surface area contributed by atoms with Gasteiger partial charge in [0.25, 0.3) is 5.91 Å². The molecule has 1 aliphatic heterocycles. The van der Waals surface area contributed by atoms with Gasteiger partial charge in [0.1, 0.15) is 0 Å². The minimum absolute atomic E-state index is 0.143. The van der Waals surface area contributed by atoms with Crippen LogP contribution in [0, 0.1) is 0 Å². The highest BCUT2D eigenvalue weighted by atomic mass is 32.3. The molecule has 0 unspecified atom stereocenters. The van der Waals surface area contributed by atoms with Crippen molar-refractivity contribution in [2.75, 3.05) is 0 Å². The average Bonchev–Trinajstić information content (AvgIpc) is 2.43. The number of carbonyl (C=O) groups is 1. The largest absolute Gasteiger partial charge is 0.349 e. The van der Waals surface area contributed by atoms with Crippen LogP contribution in [-0.4, -0.2) is 41.7 Å². The smallest absolute Gasteiger partial charge is 0.332 e. The van der Waals surface area contributed by atoms with E-state index in [0.29, 0.717) is 12.8 Å². The molecule has 0 aliphatic carbocycles. The molecule has 1 fully saturated rings. The number of hydroxylamine groups is 2. The zero-order valence-electron chi connectivity index (χ0n) is 14.2. The van der Waals surface area contributed by atoms with Gasteiger partial charge in [-0.2, -0.15) is 13.5 Å². The number of hydrogen-bond acceptors (Lipinski definition) is 5. The SMILES string of the molecule is CC1(C)CC(NC(=O)c2ccc(S(=O)(=O)F)cc2)CC(C)(C)N1O. The Bertz CT molecular complexity index is 711. The number of amides is 1. The molecular weight excluding hydrogens is 335 g/mol. The number of carbonyl (C=O) groups excluding carboxylic acids is 1. The van der Waals surface area contributed by atoms with Crippen LogP contribution in [0.1, 0.15) is 50.9 Å². The Morgan fingerprint density at radius 1 is 1.17 bits per heavy atom. The fourth-order valence-corrected chi connectivity index (χ4v) is 3.87. The molecule has 1 aromatic carbocycles. The van der Waals surface area contributed by atoms with Crippen molar-refractivity contribution >= 4 is 16.1 Å². The van der Waals surface area contributed by atoms with Crippen molar-refractivity contribution in [3.05, 3.63) is 29.8 Å². The minimum atomic E-state index is -4.77. The molecule has 0 saturated carbocycles. The van der Waals surface area contributed by atoms with Crippen LogP contribution in [0.3, 0.4) is 0 Å². The lowest BCUT2D eigenvalue weighted by molar-refractivity contribution is -0.245. The van der Waals surface area contributed by atoms with Crippen LogP contribution in [0.15, 0.2) is 29.2 Å². The first-order valence-corrected chi connectivity index (χ1v) is 9.06. The molecule has 0 bridgehead atoms. The number of piperidine rings is 1. The van der Waals surface area contributed by atoms with Gasteiger partial charge in [-0.15, -0.1) is 3.89 Å².